The summed E-state index contributed by atoms with van der Waals surface area (Å²) in [5, 5.41) is 28.2. The van der Waals surface area contributed by atoms with Gasteiger partial charge in [-0.2, -0.15) is 0 Å². The standard InChI is InChI=1S/C9H16N2O5/c10-4-1-11(2-4)9(15)8-7(14)6(13)5(12)3-16-8/h4-8,12-14H,1-3,10H2. The van der Waals surface area contributed by atoms with Gasteiger partial charge in [0, 0.05) is 19.1 Å². The third-order valence-electron chi connectivity index (χ3n) is 2.97. The lowest BCUT2D eigenvalue weighted by Gasteiger charge is -2.42. The summed E-state index contributed by atoms with van der Waals surface area (Å²) in [5.41, 5.74) is 5.53. The lowest BCUT2D eigenvalue weighted by molar-refractivity contribution is -0.200. The van der Waals surface area contributed by atoms with Crippen LogP contribution in [0.15, 0.2) is 0 Å². The van der Waals surface area contributed by atoms with Crippen LogP contribution in [-0.4, -0.2) is 76.3 Å². The summed E-state index contributed by atoms with van der Waals surface area (Å²) in [7, 11) is 0. The highest BCUT2D eigenvalue weighted by molar-refractivity contribution is 5.82. The van der Waals surface area contributed by atoms with Gasteiger partial charge in [0.15, 0.2) is 6.10 Å². The monoisotopic (exact) mass is 232 g/mol. The fraction of sp³-hybridized carbons (Fsp3) is 0.889. The zero-order chi connectivity index (χ0) is 11.9. The van der Waals surface area contributed by atoms with Crippen molar-refractivity contribution in [2.45, 2.75) is 30.5 Å². The number of likely N-dealkylation sites (tertiary alicyclic amines) is 1. The number of aliphatic hydroxyl groups is 3. The zero-order valence-electron chi connectivity index (χ0n) is 8.69. The van der Waals surface area contributed by atoms with E-state index < -0.39 is 24.4 Å². The highest BCUT2D eigenvalue weighted by Gasteiger charge is 2.44. The van der Waals surface area contributed by atoms with Crippen molar-refractivity contribution < 1.29 is 24.9 Å². The van der Waals surface area contributed by atoms with Crippen molar-refractivity contribution in [3.63, 3.8) is 0 Å². The van der Waals surface area contributed by atoms with Crippen molar-refractivity contribution in [3.8, 4) is 0 Å². The molecule has 7 heteroatoms. The van der Waals surface area contributed by atoms with Crippen LogP contribution in [0.1, 0.15) is 0 Å². The van der Waals surface area contributed by atoms with Gasteiger partial charge in [0.05, 0.1) is 6.61 Å². The fourth-order valence-electron chi connectivity index (χ4n) is 1.90. The van der Waals surface area contributed by atoms with E-state index in [0.717, 1.165) is 0 Å². The van der Waals surface area contributed by atoms with E-state index in [-0.39, 0.29) is 18.6 Å². The second-order valence-corrected chi connectivity index (χ2v) is 4.31. The van der Waals surface area contributed by atoms with E-state index >= 15 is 0 Å². The van der Waals surface area contributed by atoms with E-state index in [4.69, 9.17) is 10.5 Å². The Kier molecular flexibility index (Phi) is 3.13. The number of amides is 1. The van der Waals surface area contributed by atoms with E-state index in [1.807, 2.05) is 0 Å². The third-order valence-corrected chi connectivity index (χ3v) is 2.97. The molecule has 2 rings (SSSR count). The summed E-state index contributed by atoms with van der Waals surface area (Å²) < 4.78 is 5.03. The molecule has 0 bridgehead atoms. The van der Waals surface area contributed by atoms with Crippen LogP contribution in [0.2, 0.25) is 0 Å². The van der Waals surface area contributed by atoms with Crippen molar-refractivity contribution in [1.82, 2.24) is 4.90 Å². The first kappa shape index (κ1) is 11.7. The zero-order valence-corrected chi connectivity index (χ0v) is 8.69. The first-order valence-electron chi connectivity index (χ1n) is 5.21. The van der Waals surface area contributed by atoms with Crippen LogP contribution < -0.4 is 5.73 Å². The Balaban J connectivity index is 1.96. The van der Waals surface area contributed by atoms with E-state index in [9.17, 15) is 20.1 Å². The Hall–Kier alpha value is -0.730. The molecule has 2 aliphatic heterocycles. The molecule has 0 aromatic carbocycles. The molecule has 2 heterocycles. The molecule has 4 unspecified atom stereocenters. The molecule has 5 N–H and O–H groups in total. The van der Waals surface area contributed by atoms with Gasteiger partial charge in [-0.05, 0) is 0 Å². The van der Waals surface area contributed by atoms with Gasteiger partial charge >= 0.3 is 0 Å². The van der Waals surface area contributed by atoms with Crippen LogP contribution in [0.25, 0.3) is 0 Å². The number of aliphatic hydroxyl groups excluding tert-OH is 3. The summed E-state index contributed by atoms with van der Waals surface area (Å²) in [6, 6.07) is -0.0276. The molecule has 92 valence electrons. The molecule has 16 heavy (non-hydrogen) atoms. The van der Waals surface area contributed by atoms with E-state index in [2.05, 4.69) is 0 Å². The Labute approximate surface area is 92.4 Å². The van der Waals surface area contributed by atoms with Gasteiger partial charge < -0.3 is 30.7 Å². The van der Waals surface area contributed by atoms with Gasteiger partial charge in [-0.15, -0.1) is 0 Å². The molecule has 2 fully saturated rings. The molecule has 4 atom stereocenters. The molecule has 2 saturated heterocycles. The molecular weight excluding hydrogens is 216 g/mol. The predicted octanol–water partition coefficient (Wildman–Crippen LogP) is -3.36. The van der Waals surface area contributed by atoms with E-state index in [0.29, 0.717) is 13.1 Å². The first-order valence-corrected chi connectivity index (χ1v) is 5.21. The largest absolute Gasteiger partial charge is 0.388 e. The molecule has 1 amide bonds. The second kappa shape index (κ2) is 4.27. The minimum absolute atomic E-state index is 0.0276. The van der Waals surface area contributed by atoms with E-state index in [1.54, 1.807) is 0 Å². The average molecular weight is 232 g/mol. The first-order chi connectivity index (χ1) is 7.50. The normalized spacial score (nSPS) is 40.6. The number of rotatable bonds is 1. The fourth-order valence-corrected chi connectivity index (χ4v) is 1.90. The maximum absolute atomic E-state index is 11.8. The molecule has 0 radical (unpaired) electrons. The Bertz CT molecular complexity index is 281. The van der Waals surface area contributed by atoms with Gasteiger partial charge in [0.1, 0.15) is 18.3 Å². The Morgan fingerprint density at radius 2 is 1.88 bits per heavy atom. The van der Waals surface area contributed by atoms with Crippen molar-refractivity contribution in [1.29, 1.82) is 0 Å². The summed E-state index contributed by atoms with van der Waals surface area (Å²) >= 11 is 0. The topological polar surface area (TPSA) is 116 Å². The summed E-state index contributed by atoms with van der Waals surface area (Å²) in [6.07, 6.45) is -5.01. The van der Waals surface area contributed by atoms with Crippen molar-refractivity contribution in [2.24, 2.45) is 5.73 Å². The highest BCUT2D eigenvalue weighted by Crippen LogP contribution is 2.19. The number of hydrogen-bond acceptors (Lipinski definition) is 6. The summed E-state index contributed by atoms with van der Waals surface area (Å²) in [4.78, 5) is 13.2. The minimum atomic E-state index is -1.40. The predicted molar refractivity (Wildman–Crippen MR) is 52.3 cm³/mol. The maximum atomic E-state index is 11.8. The van der Waals surface area contributed by atoms with Gasteiger partial charge in [-0.1, -0.05) is 0 Å². The van der Waals surface area contributed by atoms with Crippen molar-refractivity contribution in [2.75, 3.05) is 19.7 Å². The molecule has 0 spiro atoms. The average Bonchev–Trinajstić information content (AvgIpc) is 2.21. The van der Waals surface area contributed by atoms with Crippen LogP contribution in [-0.2, 0) is 9.53 Å². The van der Waals surface area contributed by atoms with Crippen LogP contribution in [0, 0.1) is 0 Å². The number of nitrogens with two attached hydrogens (primary N) is 1. The number of hydrogen-bond donors (Lipinski definition) is 4. The van der Waals surface area contributed by atoms with Crippen LogP contribution in [0.4, 0.5) is 0 Å². The number of carbonyl (C=O) groups is 1. The lowest BCUT2D eigenvalue weighted by atomic mass is 9.97. The number of nitrogens with zero attached hydrogens (tertiary/aromatic N) is 1. The molecule has 7 nitrogen and oxygen atoms in total. The van der Waals surface area contributed by atoms with Gasteiger partial charge in [0.2, 0.25) is 0 Å². The van der Waals surface area contributed by atoms with Crippen LogP contribution in [0.3, 0.4) is 0 Å². The summed E-state index contributed by atoms with van der Waals surface area (Å²) in [5.74, 6) is -0.389. The molecule has 0 aromatic heterocycles. The van der Waals surface area contributed by atoms with E-state index in [1.165, 1.54) is 4.90 Å². The third kappa shape index (κ3) is 1.92. The Morgan fingerprint density at radius 3 is 2.44 bits per heavy atom. The second-order valence-electron chi connectivity index (χ2n) is 4.31. The maximum Gasteiger partial charge on any atom is 0.254 e. The molecular formula is C9H16N2O5. The number of carbonyl (C=O) groups excluding carboxylic acids is 1. The molecule has 0 aromatic rings. The quantitative estimate of drug-likeness (QED) is 0.375. The van der Waals surface area contributed by atoms with Crippen LogP contribution in [0.5, 0.6) is 0 Å². The highest BCUT2D eigenvalue weighted by atomic mass is 16.5. The van der Waals surface area contributed by atoms with Gasteiger partial charge in [0.25, 0.3) is 5.91 Å². The van der Waals surface area contributed by atoms with Crippen molar-refractivity contribution in [3.05, 3.63) is 0 Å². The SMILES string of the molecule is NC1CN(C(=O)C2OCC(O)C(O)C2O)C1. The lowest BCUT2D eigenvalue weighted by Crippen LogP contribution is -2.64. The van der Waals surface area contributed by atoms with Gasteiger partial charge in [-0.3, -0.25) is 4.79 Å². The smallest absolute Gasteiger partial charge is 0.254 e. The van der Waals surface area contributed by atoms with Crippen molar-refractivity contribution >= 4 is 5.91 Å². The molecule has 0 aliphatic carbocycles. The Morgan fingerprint density at radius 1 is 1.25 bits per heavy atom. The van der Waals surface area contributed by atoms with Gasteiger partial charge in [-0.25, -0.2) is 0 Å². The molecule has 0 saturated carbocycles. The number of ether oxygens (including phenoxy) is 1. The minimum Gasteiger partial charge on any atom is -0.388 e. The summed E-state index contributed by atoms with van der Waals surface area (Å²) in [6.45, 7) is 0.711. The van der Waals surface area contributed by atoms with Crippen LogP contribution >= 0.6 is 0 Å². The molecule has 2 aliphatic rings.